The van der Waals surface area contributed by atoms with Crippen LogP contribution < -0.4 is 10.1 Å². The van der Waals surface area contributed by atoms with Crippen LogP contribution in [-0.2, 0) is 6.42 Å². The molecule has 0 bridgehead atoms. The van der Waals surface area contributed by atoms with Crippen LogP contribution in [0.25, 0.3) is 0 Å². The third-order valence-corrected chi connectivity index (χ3v) is 3.47. The smallest absolute Gasteiger partial charge is 0.123 e. The maximum Gasteiger partial charge on any atom is 0.123 e. The lowest BCUT2D eigenvalue weighted by molar-refractivity contribution is 0.400. The van der Waals surface area contributed by atoms with Gasteiger partial charge >= 0.3 is 0 Å². The molecule has 1 unspecified atom stereocenters. The standard InChI is InChI=1S/C16H23N3O/c1-12(2)19-10-9-13(18-19)11-15(17-3)14-7-5-6-8-16(14)20-4/h5-10,12,15,17H,11H2,1-4H3. The normalized spacial score (nSPS) is 12.7. The molecule has 1 N–H and O–H groups in total. The molecule has 20 heavy (non-hydrogen) atoms. The maximum absolute atomic E-state index is 5.44. The molecule has 0 amide bonds. The molecule has 4 heteroatoms. The molecule has 2 rings (SSSR count). The number of hydrogen-bond donors (Lipinski definition) is 1. The number of methoxy groups -OCH3 is 1. The predicted octanol–water partition coefficient (Wildman–Crippen LogP) is 2.98. The first kappa shape index (κ1) is 14.6. The highest BCUT2D eigenvalue weighted by molar-refractivity contribution is 5.36. The molecule has 1 aromatic carbocycles. The second-order valence-corrected chi connectivity index (χ2v) is 5.17. The first-order chi connectivity index (χ1) is 9.65. The number of aromatic nitrogens is 2. The highest BCUT2D eigenvalue weighted by Gasteiger charge is 2.16. The van der Waals surface area contributed by atoms with Gasteiger partial charge in [0.25, 0.3) is 0 Å². The molecule has 1 atom stereocenters. The van der Waals surface area contributed by atoms with Crippen molar-refractivity contribution in [1.82, 2.24) is 15.1 Å². The lowest BCUT2D eigenvalue weighted by atomic mass is 10.0. The van der Waals surface area contributed by atoms with E-state index in [-0.39, 0.29) is 6.04 Å². The van der Waals surface area contributed by atoms with Crippen molar-refractivity contribution in [3.63, 3.8) is 0 Å². The number of nitrogens with zero attached hydrogens (tertiary/aromatic N) is 2. The van der Waals surface area contributed by atoms with Crippen molar-refractivity contribution in [3.8, 4) is 5.75 Å². The summed E-state index contributed by atoms with van der Waals surface area (Å²) in [5.41, 5.74) is 2.25. The molecular formula is C16H23N3O. The Labute approximate surface area is 120 Å². The van der Waals surface area contributed by atoms with E-state index in [1.54, 1.807) is 7.11 Å². The monoisotopic (exact) mass is 273 g/mol. The van der Waals surface area contributed by atoms with Crippen molar-refractivity contribution < 1.29 is 4.74 Å². The first-order valence-electron chi connectivity index (χ1n) is 7.00. The van der Waals surface area contributed by atoms with E-state index < -0.39 is 0 Å². The van der Waals surface area contributed by atoms with Crippen molar-refractivity contribution >= 4 is 0 Å². The van der Waals surface area contributed by atoms with Crippen molar-refractivity contribution in [2.24, 2.45) is 0 Å². The molecule has 1 heterocycles. The molecular weight excluding hydrogens is 250 g/mol. The molecule has 0 radical (unpaired) electrons. The SMILES string of the molecule is CNC(Cc1ccn(C(C)C)n1)c1ccccc1OC. The minimum Gasteiger partial charge on any atom is -0.496 e. The van der Waals surface area contributed by atoms with Crippen LogP contribution in [-0.4, -0.2) is 23.9 Å². The molecule has 0 aliphatic carbocycles. The van der Waals surface area contributed by atoms with E-state index in [9.17, 15) is 0 Å². The Bertz CT molecular complexity index is 548. The minimum absolute atomic E-state index is 0.196. The van der Waals surface area contributed by atoms with Crippen LogP contribution in [0.5, 0.6) is 5.75 Å². The average molecular weight is 273 g/mol. The Hall–Kier alpha value is -1.81. The Balaban J connectivity index is 2.19. The van der Waals surface area contributed by atoms with E-state index in [0.717, 1.165) is 23.4 Å². The summed E-state index contributed by atoms with van der Waals surface area (Å²) in [7, 11) is 3.68. The zero-order valence-electron chi connectivity index (χ0n) is 12.6. The first-order valence-corrected chi connectivity index (χ1v) is 7.00. The number of benzene rings is 1. The van der Waals surface area contributed by atoms with Gasteiger partial charge in [-0.1, -0.05) is 18.2 Å². The van der Waals surface area contributed by atoms with Gasteiger partial charge in [-0.15, -0.1) is 0 Å². The van der Waals surface area contributed by atoms with Gasteiger partial charge in [-0.05, 0) is 33.0 Å². The summed E-state index contributed by atoms with van der Waals surface area (Å²) in [4.78, 5) is 0. The summed E-state index contributed by atoms with van der Waals surface area (Å²) < 4.78 is 7.43. The zero-order valence-corrected chi connectivity index (χ0v) is 12.6. The van der Waals surface area contributed by atoms with E-state index in [2.05, 4.69) is 36.4 Å². The number of ether oxygens (including phenoxy) is 1. The lowest BCUT2D eigenvalue weighted by Crippen LogP contribution is -2.20. The highest BCUT2D eigenvalue weighted by Crippen LogP contribution is 2.26. The van der Waals surface area contributed by atoms with Gasteiger partial charge in [-0.3, -0.25) is 4.68 Å². The molecule has 2 aromatic rings. The summed E-state index contributed by atoms with van der Waals surface area (Å²) in [5, 5.41) is 7.97. The topological polar surface area (TPSA) is 39.1 Å². The van der Waals surface area contributed by atoms with Gasteiger partial charge in [0.1, 0.15) is 5.75 Å². The Morgan fingerprint density at radius 2 is 2.00 bits per heavy atom. The summed E-state index contributed by atoms with van der Waals surface area (Å²) in [5.74, 6) is 0.912. The van der Waals surface area contributed by atoms with Crippen molar-refractivity contribution in [3.05, 3.63) is 47.8 Å². The third-order valence-electron chi connectivity index (χ3n) is 3.47. The molecule has 1 aromatic heterocycles. The molecule has 0 aliphatic rings. The van der Waals surface area contributed by atoms with Gasteiger partial charge in [-0.25, -0.2) is 0 Å². The van der Waals surface area contributed by atoms with E-state index in [4.69, 9.17) is 4.74 Å². The Kier molecular flexibility index (Phi) is 4.79. The second-order valence-electron chi connectivity index (χ2n) is 5.17. The van der Waals surface area contributed by atoms with Crippen LogP contribution in [0.2, 0.25) is 0 Å². The Morgan fingerprint density at radius 1 is 1.25 bits per heavy atom. The summed E-state index contributed by atoms with van der Waals surface area (Å²) in [6, 6.07) is 10.8. The van der Waals surface area contributed by atoms with E-state index >= 15 is 0 Å². The average Bonchev–Trinajstić information content (AvgIpc) is 2.93. The van der Waals surface area contributed by atoms with Crippen molar-refractivity contribution in [1.29, 1.82) is 0 Å². The van der Waals surface area contributed by atoms with E-state index in [1.165, 1.54) is 0 Å². The van der Waals surface area contributed by atoms with Crippen molar-refractivity contribution in [2.75, 3.05) is 14.2 Å². The van der Waals surface area contributed by atoms with Crippen LogP contribution in [0, 0.1) is 0 Å². The predicted molar refractivity (Wildman–Crippen MR) is 81.1 cm³/mol. The van der Waals surface area contributed by atoms with Gasteiger partial charge < -0.3 is 10.1 Å². The van der Waals surface area contributed by atoms with Gasteiger partial charge in [0, 0.05) is 30.3 Å². The molecule has 0 aliphatic heterocycles. The van der Waals surface area contributed by atoms with Crippen LogP contribution in [0.1, 0.15) is 37.2 Å². The maximum atomic E-state index is 5.44. The molecule has 4 nitrogen and oxygen atoms in total. The zero-order chi connectivity index (χ0) is 14.5. The van der Waals surface area contributed by atoms with E-state index in [1.807, 2.05) is 36.1 Å². The quantitative estimate of drug-likeness (QED) is 0.879. The van der Waals surface area contributed by atoms with Crippen LogP contribution in [0.3, 0.4) is 0 Å². The summed E-state index contributed by atoms with van der Waals surface area (Å²) >= 11 is 0. The number of para-hydroxylation sites is 1. The fraction of sp³-hybridized carbons (Fsp3) is 0.438. The largest absolute Gasteiger partial charge is 0.496 e. The van der Waals surface area contributed by atoms with Crippen LogP contribution in [0.4, 0.5) is 0 Å². The van der Waals surface area contributed by atoms with Crippen LogP contribution in [0.15, 0.2) is 36.5 Å². The summed E-state index contributed by atoms with van der Waals surface area (Å²) in [6.07, 6.45) is 2.88. The van der Waals surface area contributed by atoms with Gasteiger partial charge in [0.05, 0.1) is 12.8 Å². The fourth-order valence-electron chi connectivity index (χ4n) is 2.30. The molecule has 0 spiro atoms. The number of nitrogens with one attached hydrogen (secondary N) is 1. The summed E-state index contributed by atoms with van der Waals surface area (Å²) in [6.45, 7) is 4.26. The van der Waals surface area contributed by atoms with Gasteiger partial charge in [-0.2, -0.15) is 5.10 Å². The Morgan fingerprint density at radius 3 is 2.60 bits per heavy atom. The number of rotatable bonds is 6. The second kappa shape index (κ2) is 6.57. The molecule has 108 valence electrons. The van der Waals surface area contributed by atoms with Gasteiger partial charge in [0.15, 0.2) is 0 Å². The number of hydrogen-bond acceptors (Lipinski definition) is 3. The molecule has 0 fully saturated rings. The third kappa shape index (κ3) is 3.20. The molecule has 0 saturated carbocycles. The van der Waals surface area contributed by atoms with Gasteiger partial charge in [0.2, 0.25) is 0 Å². The van der Waals surface area contributed by atoms with Crippen LogP contribution >= 0.6 is 0 Å². The van der Waals surface area contributed by atoms with E-state index in [0.29, 0.717) is 6.04 Å². The fourth-order valence-corrected chi connectivity index (χ4v) is 2.30. The number of likely N-dealkylation sites (N-methyl/N-ethyl adjacent to an activating group) is 1. The lowest BCUT2D eigenvalue weighted by Gasteiger charge is -2.18. The van der Waals surface area contributed by atoms with Crippen molar-refractivity contribution in [2.45, 2.75) is 32.4 Å². The molecule has 0 saturated heterocycles. The minimum atomic E-state index is 0.196. The highest BCUT2D eigenvalue weighted by atomic mass is 16.5.